The monoisotopic (exact) mass is 851 g/mol. The van der Waals surface area contributed by atoms with E-state index in [4.69, 9.17) is 9.78 Å². The maximum absolute atomic E-state index is 5.54. The highest BCUT2D eigenvalue weighted by Gasteiger charge is 1.99. The van der Waals surface area contributed by atoms with E-state index in [0.29, 0.717) is 13.2 Å². The summed E-state index contributed by atoms with van der Waals surface area (Å²) in [5, 5.41) is 0. The highest BCUT2D eigenvalue weighted by Crippen LogP contribution is 2.17. The van der Waals surface area contributed by atoms with Gasteiger partial charge in [0.25, 0.3) is 0 Å². The molecule has 0 saturated carbocycles. The third-order valence-corrected chi connectivity index (χ3v) is 11.3. The fraction of sp³-hybridized carbons (Fsp3) is 0.600. The molecule has 0 rings (SSSR count). The van der Waals surface area contributed by atoms with Crippen molar-refractivity contribution in [3.63, 3.8) is 0 Å². The van der Waals surface area contributed by atoms with Crippen molar-refractivity contribution in [2.24, 2.45) is 0 Å². The van der Waals surface area contributed by atoms with Crippen molar-refractivity contribution >= 4 is 0 Å². The molecule has 0 heterocycles. The lowest BCUT2D eigenvalue weighted by molar-refractivity contribution is -0.281. The summed E-state index contributed by atoms with van der Waals surface area (Å²) in [5.41, 5.74) is 17.3. The maximum atomic E-state index is 5.54. The molecule has 0 aliphatic heterocycles. The third kappa shape index (κ3) is 40.8. The average Bonchev–Trinajstić information content (AvgIpc) is 3.19. The summed E-state index contributed by atoms with van der Waals surface area (Å²) in [6.07, 6.45) is 51.4. The van der Waals surface area contributed by atoms with Gasteiger partial charge in [0, 0.05) is 0 Å². The molecule has 0 spiro atoms. The van der Waals surface area contributed by atoms with Gasteiger partial charge in [-0.1, -0.05) is 129 Å². The minimum Gasteiger partial charge on any atom is -0.232 e. The van der Waals surface area contributed by atoms with E-state index in [9.17, 15) is 0 Å². The molecule has 0 bridgehead atoms. The Bertz CT molecular complexity index is 1470. The number of allylic oxidation sites excluding steroid dienone is 22. The van der Waals surface area contributed by atoms with Gasteiger partial charge in [-0.2, -0.15) is 0 Å². The molecular formula is C60H98O2. The number of hydrogen-bond donors (Lipinski definition) is 0. The second kappa shape index (κ2) is 39.4. The van der Waals surface area contributed by atoms with Crippen molar-refractivity contribution in [3.05, 3.63) is 140 Å². The van der Waals surface area contributed by atoms with Gasteiger partial charge in [-0.15, -0.1) is 0 Å². The van der Waals surface area contributed by atoms with Gasteiger partial charge in [0.1, 0.15) is 13.2 Å². The second-order valence-electron chi connectivity index (χ2n) is 19.1. The Kier molecular flexibility index (Phi) is 37.4. The zero-order valence-corrected chi connectivity index (χ0v) is 43.3. The lowest BCUT2D eigenvalue weighted by Gasteiger charge is -2.06. The van der Waals surface area contributed by atoms with Gasteiger partial charge in [0.2, 0.25) is 0 Å². The normalized spacial score (nSPS) is 14.5. The molecule has 2 nitrogen and oxygen atoms in total. The molecule has 0 amide bonds. The van der Waals surface area contributed by atoms with E-state index in [1.165, 1.54) is 92.6 Å². The van der Waals surface area contributed by atoms with E-state index in [1.807, 2.05) is 0 Å². The van der Waals surface area contributed by atoms with E-state index in [-0.39, 0.29) is 0 Å². The summed E-state index contributed by atoms with van der Waals surface area (Å²) in [6.45, 7) is 32.2. The van der Waals surface area contributed by atoms with Crippen molar-refractivity contribution < 1.29 is 9.78 Å². The summed E-state index contributed by atoms with van der Waals surface area (Å²) in [4.78, 5) is 11.1. The van der Waals surface area contributed by atoms with Crippen LogP contribution in [0.15, 0.2) is 140 Å². The molecule has 0 aliphatic carbocycles. The smallest absolute Gasteiger partial charge is 0.103 e. The van der Waals surface area contributed by atoms with Crippen LogP contribution in [0.2, 0.25) is 0 Å². The molecule has 0 aromatic carbocycles. The van der Waals surface area contributed by atoms with Crippen molar-refractivity contribution in [2.45, 2.75) is 225 Å². The van der Waals surface area contributed by atoms with E-state index >= 15 is 0 Å². The Morgan fingerprint density at radius 3 is 0.565 bits per heavy atom. The zero-order chi connectivity index (χ0) is 46.4. The van der Waals surface area contributed by atoms with Gasteiger partial charge in [0.05, 0.1) is 0 Å². The third-order valence-electron chi connectivity index (χ3n) is 11.3. The topological polar surface area (TPSA) is 18.5 Å². The molecule has 0 radical (unpaired) electrons. The Labute approximate surface area is 386 Å². The molecule has 0 fully saturated rings. The lowest BCUT2D eigenvalue weighted by atomic mass is 10.0. The molecule has 0 aromatic heterocycles. The van der Waals surface area contributed by atoms with Crippen LogP contribution in [0.25, 0.3) is 0 Å². The molecule has 0 aromatic rings. The minimum absolute atomic E-state index is 0.517. The molecule has 62 heavy (non-hydrogen) atoms. The van der Waals surface area contributed by atoms with Crippen LogP contribution in [0.4, 0.5) is 0 Å². The Morgan fingerprint density at radius 2 is 0.371 bits per heavy atom. The first-order chi connectivity index (χ1) is 29.6. The van der Waals surface area contributed by atoms with Crippen molar-refractivity contribution in [3.8, 4) is 0 Å². The molecule has 0 N–H and O–H groups in total. The Hall–Kier alpha value is -3.20. The van der Waals surface area contributed by atoms with Gasteiger partial charge < -0.3 is 0 Å². The Balaban J connectivity index is 4.19. The van der Waals surface area contributed by atoms with E-state index in [0.717, 1.165) is 103 Å². The fourth-order valence-electron chi connectivity index (χ4n) is 6.98. The quantitative estimate of drug-likeness (QED) is 0.0274. The number of unbranched alkanes of at least 4 members (excludes halogenated alkanes) is 2. The summed E-state index contributed by atoms with van der Waals surface area (Å²) >= 11 is 0. The first kappa shape index (κ1) is 58.8. The molecule has 350 valence electrons. The first-order valence-corrected chi connectivity index (χ1v) is 24.6. The molecule has 0 unspecified atom stereocenters. The SMILES string of the molecule is CC(C)=CCC/C(C)=C/CC/C(C)=C/CC/C=C(\C)CC/C=C(/C)CC/C=C(\C)COOC/C(C)=C/CC/C(C)=C/CC/C(C)=C/CC/C=C(\C)CC/C=C(\C)CCC=C(C)C. The predicted molar refractivity (Wildman–Crippen MR) is 281 cm³/mol. The van der Waals surface area contributed by atoms with E-state index in [1.54, 1.807) is 0 Å². The van der Waals surface area contributed by atoms with Crippen LogP contribution in [-0.2, 0) is 9.78 Å². The summed E-state index contributed by atoms with van der Waals surface area (Å²) in [7, 11) is 0. The maximum Gasteiger partial charge on any atom is 0.103 e. The van der Waals surface area contributed by atoms with Crippen LogP contribution >= 0.6 is 0 Å². The fourth-order valence-corrected chi connectivity index (χ4v) is 6.98. The number of hydrogen-bond acceptors (Lipinski definition) is 2. The first-order valence-electron chi connectivity index (χ1n) is 24.6. The highest BCUT2D eigenvalue weighted by atomic mass is 17.2. The van der Waals surface area contributed by atoms with E-state index < -0.39 is 0 Å². The molecule has 2 heteroatoms. The van der Waals surface area contributed by atoms with Crippen LogP contribution in [-0.4, -0.2) is 13.2 Å². The molecule has 0 atom stereocenters. The van der Waals surface area contributed by atoms with E-state index in [2.05, 4.69) is 170 Å². The average molecular weight is 851 g/mol. The highest BCUT2D eigenvalue weighted by molar-refractivity contribution is 5.11. The van der Waals surface area contributed by atoms with Crippen LogP contribution in [0.1, 0.15) is 225 Å². The van der Waals surface area contributed by atoms with Gasteiger partial charge in [-0.3, -0.25) is 0 Å². The van der Waals surface area contributed by atoms with Crippen LogP contribution in [0.5, 0.6) is 0 Å². The van der Waals surface area contributed by atoms with Gasteiger partial charge in [-0.25, -0.2) is 9.78 Å². The summed E-state index contributed by atoms with van der Waals surface area (Å²) in [5.74, 6) is 0. The van der Waals surface area contributed by atoms with Gasteiger partial charge >= 0.3 is 0 Å². The van der Waals surface area contributed by atoms with Crippen LogP contribution in [0.3, 0.4) is 0 Å². The molecule has 0 aliphatic rings. The molecule has 0 saturated heterocycles. The van der Waals surface area contributed by atoms with Gasteiger partial charge in [0.15, 0.2) is 0 Å². The van der Waals surface area contributed by atoms with Crippen LogP contribution < -0.4 is 0 Å². The summed E-state index contributed by atoms with van der Waals surface area (Å²) in [6, 6.07) is 0. The summed E-state index contributed by atoms with van der Waals surface area (Å²) < 4.78 is 0. The van der Waals surface area contributed by atoms with Crippen molar-refractivity contribution in [1.29, 1.82) is 0 Å². The van der Waals surface area contributed by atoms with Crippen LogP contribution in [0, 0.1) is 0 Å². The van der Waals surface area contributed by atoms with Crippen molar-refractivity contribution in [1.82, 2.24) is 0 Å². The standard InChI is InChI=1S/C60H98O2/c1-49(2)27-19-33-55(9)39-21-35-51(5)29-15-17-31-53(7)37-23-41-57(11)43-25-45-59(13)47-61-62-48-60(14)46-26-44-58(12)42-24-38-54(8)32-18-16-30-52(6)36-22-40-56(10)34-20-28-50(3)4/h27-32,39-42,45-46H,15-26,33-38,43-44,47-48H2,1-14H3/b51-29+,52-30+,53-31+,54-32+,55-39+,56-40+,57-41-,58-42+,59-45+,60-46+. The predicted octanol–water partition coefficient (Wildman–Crippen LogP) is 20.1. The Morgan fingerprint density at radius 1 is 0.210 bits per heavy atom. The zero-order valence-electron chi connectivity index (χ0n) is 43.3. The minimum atomic E-state index is 0.517. The number of rotatable bonds is 35. The molecular weight excluding hydrogens is 753 g/mol. The lowest BCUT2D eigenvalue weighted by Crippen LogP contribution is -2.01. The van der Waals surface area contributed by atoms with Crippen molar-refractivity contribution in [2.75, 3.05) is 13.2 Å². The van der Waals surface area contributed by atoms with Gasteiger partial charge in [-0.05, 0) is 236 Å². The largest absolute Gasteiger partial charge is 0.232 e. The second-order valence-corrected chi connectivity index (χ2v) is 19.1.